The number of amides is 1. The minimum atomic E-state index is -2.61. The summed E-state index contributed by atoms with van der Waals surface area (Å²) in [6.45, 7) is 0. The van der Waals surface area contributed by atoms with Gasteiger partial charge < -0.3 is 11.1 Å². The van der Waals surface area contributed by atoms with Crippen LogP contribution in [0.3, 0.4) is 0 Å². The highest BCUT2D eigenvalue weighted by molar-refractivity contribution is 5.95. The highest BCUT2D eigenvalue weighted by Crippen LogP contribution is 2.36. The van der Waals surface area contributed by atoms with Crippen molar-refractivity contribution < 1.29 is 13.6 Å². The Kier molecular flexibility index (Phi) is 3.50. The number of rotatable bonds is 2. The number of nitrogens with two attached hydrogens (primary N) is 1. The molecule has 1 aromatic rings. The standard InChI is InChI=1S/C13H16F2N2O/c14-13(15)7-5-9(6-8-13)12(18)17-11-4-2-1-3-10(11)16/h1-4,9H,5-8,16H2,(H,17,18). The van der Waals surface area contributed by atoms with E-state index in [2.05, 4.69) is 5.32 Å². The topological polar surface area (TPSA) is 55.1 Å². The van der Waals surface area contributed by atoms with Gasteiger partial charge in [0.15, 0.2) is 0 Å². The Morgan fingerprint density at radius 2 is 1.89 bits per heavy atom. The van der Waals surface area contributed by atoms with Crippen LogP contribution in [0.4, 0.5) is 20.2 Å². The first kappa shape index (κ1) is 12.8. The lowest BCUT2D eigenvalue weighted by Crippen LogP contribution is -2.31. The lowest BCUT2D eigenvalue weighted by molar-refractivity contribution is -0.124. The highest BCUT2D eigenvalue weighted by atomic mass is 19.3. The molecule has 1 fully saturated rings. The van der Waals surface area contributed by atoms with Crippen LogP contribution >= 0.6 is 0 Å². The van der Waals surface area contributed by atoms with Crippen molar-refractivity contribution in [1.82, 2.24) is 0 Å². The van der Waals surface area contributed by atoms with E-state index in [-0.39, 0.29) is 37.5 Å². The van der Waals surface area contributed by atoms with E-state index in [4.69, 9.17) is 5.73 Å². The molecule has 18 heavy (non-hydrogen) atoms. The molecule has 0 atom stereocenters. The highest BCUT2D eigenvalue weighted by Gasteiger charge is 2.37. The number of hydrogen-bond donors (Lipinski definition) is 2. The summed E-state index contributed by atoms with van der Waals surface area (Å²) < 4.78 is 26.0. The van der Waals surface area contributed by atoms with E-state index in [0.29, 0.717) is 11.4 Å². The smallest absolute Gasteiger partial charge is 0.248 e. The summed E-state index contributed by atoms with van der Waals surface area (Å²) in [4.78, 5) is 11.9. The minimum Gasteiger partial charge on any atom is -0.397 e. The monoisotopic (exact) mass is 254 g/mol. The number of anilines is 2. The van der Waals surface area contributed by atoms with Crippen molar-refractivity contribution in [2.24, 2.45) is 5.92 Å². The van der Waals surface area contributed by atoms with E-state index < -0.39 is 5.92 Å². The molecule has 3 N–H and O–H groups in total. The molecule has 0 heterocycles. The van der Waals surface area contributed by atoms with E-state index in [1.54, 1.807) is 24.3 Å². The Morgan fingerprint density at radius 1 is 1.28 bits per heavy atom. The molecule has 0 saturated heterocycles. The normalized spacial score (nSPS) is 19.4. The first-order chi connectivity index (χ1) is 8.48. The Hall–Kier alpha value is -1.65. The molecule has 1 amide bonds. The van der Waals surface area contributed by atoms with Gasteiger partial charge in [0.05, 0.1) is 11.4 Å². The summed E-state index contributed by atoms with van der Waals surface area (Å²) in [6, 6.07) is 6.92. The van der Waals surface area contributed by atoms with Crippen LogP contribution < -0.4 is 11.1 Å². The molecule has 3 nitrogen and oxygen atoms in total. The quantitative estimate of drug-likeness (QED) is 0.797. The lowest BCUT2D eigenvalue weighted by atomic mass is 9.86. The van der Waals surface area contributed by atoms with Gasteiger partial charge in [-0.3, -0.25) is 4.79 Å². The number of carbonyl (C=O) groups is 1. The van der Waals surface area contributed by atoms with Crippen molar-refractivity contribution in [2.75, 3.05) is 11.1 Å². The molecule has 1 aliphatic rings. The predicted molar refractivity (Wildman–Crippen MR) is 66.4 cm³/mol. The van der Waals surface area contributed by atoms with Crippen molar-refractivity contribution >= 4 is 17.3 Å². The van der Waals surface area contributed by atoms with Crippen molar-refractivity contribution in [1.29, 1.82) is 0 Å². The van der Waals surface area contributed by atoms with E-state index >= 15 is 0 Å². The van der Waals surface area contributed by atoms with Gasteiger partial charge in [-0.2, -0.15) is 0 Å². The Balaban J connectivity index is 1.95. The Morgan fingerprint density at radius 3 is 2.50 bits per heavy atom. The van der Waals surface area contributed by atoms with Crippen molar-refractivity contribution in [3.05, 3.63) is 24.3 Å². The second-order valence-electron chi connectivity index (χ2n) is 4.71. The number of alkyl halides is 2. The second-order valence-corrected chi connectivity index (χ2v) is 4.71. The van der Waals surface area contributed by atoms with E-state index in [9.17, 15) is 13.6 Å². The summed E-state index contributed by atoms with van der Waals surface area (Å²) in [5.74, 6) is -3.17. The number of hydrogen-bond acceptors (Lipinski definition) is 2. The Bertz CT molecular complexity index is 438. The number of nitrogens with one attached hydrogen (secondary N) is 1. The zero-order valence-electron chi connectivity index (χ0n) is 9.96. The molecular weight excluding hydrogens is 238 g/mol. The van der Waals surface area contributed by atoms with Crippen LogP contribution in [-0.2, 0) is 4.79 Å². The van der Waals surface area contributed by atoms with E-state index in [0.717, 1.165) is 0 Å². The molecule has 1 aromatic carbocycles. The van der Waals surface area contributed by atoms with Gasteiger partial charge in [-0.25, -0.2) is 8.78 Å². The van der Waals surface area contributed by atoms with Crippen LogP contribution in [-0.4, -0.2) is 11.8 Å². The van der Waals surface area contributed by atoms with Gasteiger partial charge in [-0.05, 0) is 25.0 Å². The third kappa shape index (κ3) is 2.97. The predicted octanol–water partition coefficient (Wildman–Crippen LogP) is 3.03. The van der Waals surface area contributed by atoms with Gasteiger partial charge in [0.1, 0.15) is 0 Å². The molecule has 0 bridgehead atoms. The summed E-state index contributed by atoms with van der Waals surface area (Å²) in [5.41, 5.74) is 6.73. The van der Waals surface area contributed by atoms with Crippen molar-refractivity contribution in [2.45, 2.75) is 31.6 Å². The molecule has 0 unspecified atom stereocenters. The summed E-state index contributed by atoms with van der Waals surface area (Å²) in [7, 11) is 0. The van der Waals surface area contributed by atoms with Crippen LogP contribution in [0, 0.1) is 5.92 Å². The van der Waals surface area contributed by atoms with Crippen LogP contribution in [0.15, 0.2) is 24.3 Å². The molecule has 0 aromatic heterocycles. The average Bonchev–Trinajstić information content (AvgIpc) is 2.32. The maximum Gasteiger partial charge on any atom is 0.248 e. The molecule has 0 radical (unpaired) electrons. The zero-order chi connectivity index (χ0) is 13.2. The molecule has 98 valence electrons. The molecule has 0 spiro atoms. The fourth-order valence-corrected chi connectivity index (χ4v) is 2.15. The van der Waals surface area contributed by atoms with Crippen LogP contribution in [0.5, 0.6) is 0 Å². The van der Waals surface area contributed by atoms with Gasteiger partial charge >= 0.3 is 0 Å². The van der Waals surface area contributed by atoms with Gasteiger partial charge in [-0.15, -0.1) is 0 Å². The van der Waals surface area contributed by atoms with Gasteiger partial charge in [0.25, 0.3) is 0 Å². The van der Waals surface area contributed by atoms with Gasteiger partial charge in [-0.1, -0.05) is 12.1 Å². The van der Waals surface area contributed by atoms with Gasteiger partial charge in [0.2, 0.25) is 11.8 Å². The number of nitrogen functional groups attached to an aromatic ring is 1. The number of benzene rings is 1. The maximum atomic E-state index is 13.0. The third-order valence-corrected chi connectivity index (χ3v) is 3.31. The fourth-order valence-electron chi connectivity index (χ4n) is 2.15. The number of carbonyl (C=O) groups excluding carboxylic acids is 1. The van der Waals surface area contributed by atoms with Crippen LogP contribution in [0.1, 0.15) is 25.7 Å². The maximum absolute atomic E-state index is 13.0. The SMILES string of the molecule is Nc1ccccc1NC(=O)C1CCC(F)(F)CC1. The van der Waals surface area contributed by atoms with Crippen LogP contribution in [0.25, 0.3) is 0 Å². The molecule has 1 saturated carbocycles. The third-order valence-electron chi connectivity index (χ3n) is 3.31. The van der Waals surface area contributed by atoms with Crippen molar-refractivity contribution in [3.8, 4) is 0 Å². The second kappa shape index (κ2) is 4.92. The first-order valence-corrected chi connectivity index (χ1v) is 6.01. The van der Waals surface area contributed by atoms with Crippen molar-refractivity contribution in [3.63, 3.8) is 0 Å². The largest absolute Gasteiger partial charge is 0.397 e. The number of halogens is 2. The average molecular weight is 254 g/mol. The molecule has 2 rings (SSSR count). The molecular formula is C13H16F2N2O. The van der Waals surface area contributed by atoms with Crippen LogP contribution in [0.2, 0.25) is 0 Å². The lowest BCUT2D eigenvalue weighted by Gasteiger charge is -2.27. The molecule has 0 aliphatic heterocycles. The molecule has 1 aliphatic carbocycles. The van der Waals surface area contributed by atoms with E-state index in [1.807, 2.05) is 0 Å². The summed E-state index contributed by atoms with van der Waals surface area (Å²) in [5, 5.41) is 2.70. The summed E-state index contributed by atoms with van der Waals surface area (Å²) >= 11 is 0. The molecule has 5 heteroatoms. The Labute approximate surface area is 104 Å². The zero-order valence-corrected chi connectivity index (χ0v) is 9.96. The fraction of sp³-hybridized carbons (Fsp3) is 0.462. The van der Waals surface area contributed by atoms with E-state index in [1.165, 1.54) is 0 Å². The van der Waals surface area contributed by atoms with Gasteiger partial charge in [0, 0.05) is 18.8 Å². The minimum absolute atomic E-state index is 0.213. The first-order valence-electron chi connectivity index (χ1n) is 6.01. The number of para-hydroxylation sites is 2. The summed E-state index contributed by atoms with van der Waals surface area (Å²) in [6.07, 6.45) is 0.0296.